The molecule has 0 aromatic carbocycles. The lowest BCUT2D eigenvalue weighted by Gasteiger charge is -2.23. The molecule has 0 aliphatic carbocycles. The van der Waals surface area contributed by atoms with Gasteiger partial charge in [0.1, 0.15) is 9.84 Å². The van der Waals surface area contributed by atoms with Gasteiger partial charge in [0.25, 0.3) is 0 Å². The van der Waals surface area contributed by atoms with E-state index in [2.05, 4.69) is 5.32 Å². The molecular weight excluding hydrogens is 214 g/mol. The molecule has 90 valence electrons. The highest BCUT2D eigenvalue weighted by atomic mass is 32.2. The Labute approximate surface area is 92.3 Å². The molecule has 0 saturated carbocycles. The quantitative estimate of drug-likeness (QED) is 0.684. The summed E-state index contributed by atoms with van der Waals surface area (Å²) in [6.07, 6.45) is 2.52. The predicted molar refractivity (Wildman–Crippen MR) is 60.8 cm³/mol. The maximum absolute atomic E-state index is 11.2. The van der Waals surface area contributed by atoms with Crippen LogP contribution in [0.15, 0.2) is 0 Å². The van der Waals surface area contributed by atoms with Gasteiger partial charge in [-0.05, 0) is 32.7 Å². The van der Waals surface area contributed by atoms with Crippen molar-refractivity contribution in [1.82, 2.24) is 5.32 Å². The smallest absolute Gasteiger partial charge is 0.150 e. The molecule has 1 aliphatic rings. The minimum atomic E-state index is -2.72. The molecule has 1 rings (SSSR count). The van der Waals surface area contributed by atoms with Crippen molar-refractivity contribution < 1.29 is 13.2 Å². The third kappa shape index (κ3) is 5.49. The Hall–Kier alpha value is -0.130. The zero-order valence-electron chi connectivity index (χ0n) is 9.37. The molecule has 0 atom stereocenters. The van der Waals surface area contributed by atoms with Crippen LogP contribution in [0.3, 0.4) is 0 Å². The van der Waals surface area contributed by atoms with Gasteiger partial charge in [-0.2, -0.15) is 0 Å². The molecule has 1 aliphatic heterocycles. The van der Waals surface area contributed by atoms with E-state index in [1.54, 1.807) is 0 Å². The summed E-state index contributed by atoms with van der Waals surface area (Å²) in [4.78, 5) is 0. The molecule has 0 aromatic rings. The Morgan fingerprint density at radius 1 is 1.33 bits per heavy atom. The Bertz CT molecular complexity index is 250. The molecular formula is C10H21NO3S. The minimum absolute atomic E-state index is 0.343. The number of sulfone groups is 1. The lowest BCUT2D eigenvalue weighted by molar-refractivity contribution is 0.144. The van der Waals surface area contributed by atoms with Crippen LogP contribution in [-0.4, -0.2) is 45.7 Å². The van der Waals surface area contributed by atoms with Crippen molar-refractivity contribution in [3.63, 3.8) is 0 Å². The highest BCUT2D eigenvalue weighted by Crippen LogP contribution is 2.11. The van der Waals surface area contributed by atoms with Gasteiger partial charge < -0.3 is 10.1 Å². The van der Waals surface area contributed by atoms with E-state index < -0.39 is 9.84 Å². The first-order chi connectivity index (χ1) is 7.14. The molecule has 1 N–H and O–H groups in total. The lowest BCUT2D eigenvalue weighted by Crippen LogP contribution is -2.38. The summed E-state index contributed by atoms with van der Waals surface area (Å²) in [6.45, 7) is 4.46. The fourth-order valence-corrected chi connectivity index (χ4v) is 3.21. The zero-order valence-corrected chi connectivity index (χ0v) is 10.2. The van der Waals surface area contributed by atoms with Crippen molar-refractivity contribution >= 4 is 9.84 Å². The van der Waals surface area contributed by atoms with E-state index in [1.165, 1.54) is 0 Å². The van der Waals surface area contributed by atoms with Crippen molar-refractivity contribution in [3.05, 3.63) is 0 Å². The highest BCUT2D eigenvalue weighted by Gasteiger charge is 2.22. The standard InChI is InChI=1S/C10H21NO3S/c1-2-14-7-3-6-11-10-4-8-15(12,13)9-5-10/h10-11H,2-9H2,1H3. The molecule has 0 spiro atoms. The van der Waals surface area contributed by atoms with E-state index in [0.29, 0.717) is 17.5 Å². The van der Waals surface area contributed by atoms with Gasteiger partial charge >= 0.3 is 0 Å². The van der Waals surface area contributed by atoms with Crippen LogP contribution < -0.4 is 5.32 Å². The van der Waals surface area contributed by atoms with Crippen molar-refractivity contribution in [1.29, 1.82) is 0 Å². The Kier molecular flexibility index (Phi) is 5.56. The minimum Gasteiger partial charge on any atom is -0.382 e. The van der Waals surface area contributed by atoms with Gasteiger partial charge in [0.05, 0.1) is 11.5 Å². The van der Waals surface area contributed by atoms with E-state index in [4.69, 9.17) is 4.74 Å². The molecule has 4 nitrogen and oxygen atoms in total. The van der Waals surface area contributed by atoms with Crippen LogP contribution in [0.4, 0.5) is 0 Å². The Morgan fingerprint density at radius 2 is 2.00 bits per heavy atom. The van der Waals surface area contributed by atoms with E-state index in [-0.39, 0.29) is 0 Å². The van der Waals surface area contributed by atoms with Gasteiger partial charge in [-0.1, -0.05) is 0 Å². The summed E-state index contributed by atoms with van der Waals surface area (Å²) in [5.74, 6) is 0.687. The molecule has 0 bridgehead atoms. The molecule has 0 radical (unpaired) electrons. The molecule has 1 fully saturated rings. The second kappa shape index (κ2) is 6.45. The van der Waals surface area contributed by atoms with E-state index in [1.807, 2.05) is 6.92 Å². The summed E-state index contributed by atoms with van der Waals surface area (Å²) >= 11 is 0. The van der Waals surface area contributed by atoms with Gasteiger partial charge in [0, 0.05) is 19.3 Å². The van der Waals surface area contributed by atoms with Crippen LogP contribution in [0, 0.1) is 0 Å². The van der Waals surface area contributed by atoms with Crippen molar-refractivity contribution in [2.24, 2.45) is 0 Å². The first kappa shape index (κ1) is 12.9. The van der Waals surface area contributed by atoms with Gasteiger partial charge in [-0.3, -0.25) is 0 Å². The third-order valence-electron chi connectivity index (χ3n) is 2.66. The van der Waals surface area contributed by atoms with Crippen molar-refractivity contribution in [3.8, 4) is 0 Å². The first-order valence-corrected chi connectivity index (χ1v) is 7.48. The van der Waals surface area contributed by atoms with Gasteiger partial charge in [0.2, 0.25) is 0 Å². The zero-order chi connectivity index (χ0) is 11.1. The summed E-state index contributed by atoms with van der Waals surface area (Å²) in [6, 6.07) is 0.384. The van der Waals surface area contributed by atoms with Crippen LogP contribution in [0.2, 0.25) is 0 Å². The van der Waals surface area contributed by atoms with Gasteiger partial charge in [0.15, 0.2) is 0 Å². The fourth-order valence-electron chi connectivity index (χ4n) is 1.72. The summed E-state index contributed by atoms with van der Waals surface area (Å²) in [5.41, 5.74) is 0. The highest BCUT2D eigenvalue weighted by molar-refractivity contribution is 7.91. The van der Waals surface area contributed by atoms with Crippen LogP contribution in [0.1, 0.15) is 26.2 Å². The number of nitrogens with one attached hydrogen (secondary N) is 1. The number of hydrogen-bond donors (Lipinski definition) is 1. The predicted octanol–water partition coefficient (Wildman–Crippen LogP) is 0.580. The Balaban J connectivity index is 2.04. The van der Waals surface area contributed by atoms with Crippen molar-refractivity contribution in [2.45, 2.75) is 32.2 Å². The molecule has 1 heterocycles. The van der Waals surface area contributed by atoms with Crippen LogP contribution in [0.5, 0.6) is 0 Å². The monoisotopic (exact) mass is 235 g/mol. The Morgan fingerprint density at radius 3 is 2.60 bits per heavy atom. The van der Waals surface area contributed by atoms with E-state index in [0.717, 1.165) is 39.0 Å². The second-order valence-corrected chi connectivity index (χ2v) is 6.23. The maximum Gasteiger partial charge on any atom is 0.150 e. The molecule has 0 aromatic heterocycles. The summed E-state index contributed by atoms with van der Waals surface area (Å²) in [5, 5.41) is 3.37. The fraction of sp³-hybridized carbons (Fsp3) is 1.00. The normalized spacial score (nSPS) is 21.7. The summed E-state index contributed by atoms with van der Waals surface area (Å²) in [7, 11) is -2.72. The molecule has 1 saturated heterocycles. The van der Waals surface area contributed by atoms with Crippen LogP contribution >= 0.6 is 0 Å². The summed E-state index contributed by atoms with van der Waals surface area (Å²) < 4.78 is 27.5. The van der Waals surface area contributed by atoms with Crippen LogP contribution in [0.25, 0.3) is 0 Å². The van der Waals surface area contributed by atoms with Crippen molar-refractivity contribution in [2.75, 3.05) is 31.3 Å². The number of ether oxygens (including phenoxy) is 1. The number of rotatable bonds is 6. The first-order valence-electron chi connectivity index (χ1n) is 5.65. The molecule has 5 heteroatoms. The van der Waals surface area contributed by atoms with Gasteiger partial charge in [-0.15, -0.1) is 0 Å². The SMILES string of the molecule is CCOCCCNC1CCS(=O)(=O)CC1. The average molecular weight is 235 g/mol. The lowest BCUT2D eigenvalue weighted by atomic mass is 10.1. The topological polar surface area (TPSA) is 55.4 Å². The molecule has 0 amide bonds. The maximum atomic E-state index is 11.2. The number of hydrogen-bond acceptors (Lipinski definition) is 4. The van der Waals surface area contributed by atoms with E-state index in [9.17, 15) is 8.42 Å². The third-order valence-corrected chi connectivity index (χ3v) is 4.37. The van der Waals surface area contributed by atoms with Gasteiger partial charge in [-0.25, -0.2) is 8.42 Å². The molecule has 0 unspecified atom stereocenters. The molecule has 15 heavy (non-hydrogen) atoms. The van der Waals surface area contributed by atoms with E-state index >= 15 is 0 Å². The largest absolute Gasteiger partial charge is 0.382 e. The second-order valence-electron chi connectivity index (χ2n) is 3.93. The average Bonchev–Trinajstić information content (AvgIpc) is 2.20. The van der Waals surface area contributed by atoms with Crippen LogP contribution in [-0.2, 0) is 14.6 Å².